The van der Waals surface area contributed by atoms with Gasteiger partial charge < -0.3 is 15.0 Å². The largest absolute Gasteiger partial charge is 0.497 e. The maximum atomic E-state index is 13.0. The van der Waals surface area contributed by atoms with Crippen LogP contribution in [0.25, 0.3) is 10.4 Å². The molecule has 2 amide bonds. The first kappa shape index (κ1) is 19.8. The molecule has 8 nitrogen and oxygen atoms in total. The molecule has 1 N–H and O–H groups in total. The van der Waals surface area contributed by atoms with Crippen LogP contribution >= 0.6 is 0 Å². The maximum Gasteiger partial charge on any atom is 0.249 e. The number of nitrogens with one attached hydrogen (secondary N) is 1. The summed E-state index contributed by atoms with van der Waals surface area (Å²) in [6.45, 7) is -0.360. The number of amides is 2. The molecule has 0 fully saturated rings. The van der Waals surface area contributed by atoms with Crippen LogP contribution in [0.1, 0.15) is 5.56 Å². The van der Waals surface area contributed by atoms with E-state index in [1.165, 1.54) is 4.90 Å². The van der Waals surface area contributed by atoms with Crippen molar-refractivity contribution in [1.82, 2.24) is 5.32 Å². The van der Waals surface area contributed by atoms with Crippen LogP contribution in [0.5, 0.6) is 5.75 Å². The lowest BCUT2D eigenvalue weighted by Crippen LogP contribution is -2.49. The molecule has 0 saturated heterocycles. The van der Waals surface area contributed by atoms with E-state index < -0.39 is 11.9 Å². The molecule has 0 heterocycles. The first-order valence-electron chi connectivity index (χ1n) is 8.31. The van der Waals surface area contributed by atoms with Crippen LogP contribution in [0.4, 0.5) is 5.69 Å². The van der Waals surface area contributed by atoms with Crippen molar-refractivity contribution in [2.24, 2.45) is 5.11 Å². The van der Waals surface area contributed by atoms with Crippen LogP contribution in [0, 0.1) is 0 Å². The zero-order chi connectivity index (χ0) is 19.6. The highest BCUT2D eigenvalue weighted by Gasteiger charge is 2.25. The maximum absolute atomic E-state index is 13.0. The predicted octanol–water partition coefficient (Wildman–Crippen LogP) is 2.70. The van der Waals surface area contributed by atoms with Gasteiger partial charge in [0.2, 0.25) is 11.8 Å². The summed E-state index contributed by atoms with van der Waals surface area (Å²) in [6.07, 6.45) is 0.322. The highest BCUT2D eigenvalue weighted by molar-refractivity contribution is 5.99. The number of rotatable bonds is 8. The van der Waals surface area contributed by atoms with Gasteiger partial charge in [-0.05, 0) is 35.4 Å². The molecule has 1 atom stereocenters. The molecule has 2 aromatic rings. The van der Waals surface area contributed by atoms with Crippen LogP contribution in [0.15, 0.2) is 59.7 Å². The van der Waals surface area contributed by atoms with Crippen molar-refractivity contribution in [2.45, 2.75) is 12.5 Å². The molecule has 27 heavy (non-hydrogen) atoms. The topological polar surface area (TPSA) is 107 Å². The molecule has 0 aliphatic rings. The summed E-state index contributed by atoms with van der Waals surface area (Å²) in [4.78, 5) is 29.0. The molecule has 0 unspecified atom stereocenters. The quantitative estimate of drug-likeness (QED) is 0.440. The molecule has 2 rings (SSSR count). The Morgan fingerprint density at radius 3 is 2.44 bits per heavy atom. The van der Waals surface area contributed by atoms with E-state index in [0.717, 1.165) is 5.56 Å². The number of hydrogen-bond donors (Lipinski definition) is 1. The number of ether oxygens (including phenoxy) is 1. The first-order valence-corrected chi connectivity index (χ1v) is 8.31. The van der Waals surface area contributed by atoms with Crippen LogP contribution in [0.3, 0.4) is 0 Å². The van der Waals surface area contributed by atoms with E-state index in [4.69, 9.17) is 10.3 Å². The van der Waals surface area contributed by atoms with Crippen molar-refractivity contribution < 1.29 is 14.3 Å². The second-order valence-corrected chi connectivity index (χ2v) is 5.79. The fraction of sp³-hybridized carbons (Fsp3) is 0.263. The third-order valence-electron chi connectivity index (χ3n) is 3.98. The van der Waals surface area contributed by atoms with E-state index in [1.54, 1.807) is 38.4 Å². The number of likely N-dealkylation sites (N-methyl/N-ethyl adjacent to an activating group) is 1. The summed E-state index contributed by atoms with van der Waals surface area (Å²) in [6, 6.07) is 15.6. The number of benzene rings is 2. The number of anilines is 1. The van der Waals surface area contributed by atoms with Gasteiger partial charge in [0, 0.05) is 24.1 Å². The fourth-order valence-corrected chi connectivity index (χ4v) is 2.55. The lowest BCUT2D eigenvalue weighted by molar-refractivity contribution is -0.126. The number of nitrogens with zero attached hydrogens (tertiary/aromatic N) is 4. The molecule has 2 aromatic carbocycles. The van der Waals surface area contributed by atoms with E-state index in [0.29, 0.717) is 17.9 Å². The Balaban J connectivity index is 2.19. The first-order chi connectivity index (χ1) is 13.0. The molecular formula is C19H21N5O3. The van der Waals surface area contributed by atoms with Crippen molar-refractivity contribution in [3.05, 3.63) is 70.6 Å². The normalized spacial score (nSPS) is 11.0. The average molecular weight is 367 g/mol. The smallest absolute Gasteiger partial charge is 0.249 e. The summed E-state index contributed by atoms with van der Waals surface area (Å²) < 4.78 is 5.13. The third-order valence-corrected chi connectivity index (χ3v) is 3.98. The van der Waals surface area contributed by atoms with Gasteiger partial charge in [-0.15, -0.1) is 0 Å². The molecule has 0 radical (unpaired) electrons. The average Bonchev–Trinajstić information content (AvgIpc) is 2.71. The zero-order valence-electron chi connectivity index (χ0n) is 15.2. The molecule has 0 aliphatic heterocycles. The molecule has 0 aromatic heterocycles. The van der Waals surface area contributed by atoms with E-state index in [2.05, 4.69) is 15.3 Å². The Morgan fingerprint density at radius 1 is 1.19 bits per heavy atom. The minimum atomic E-state index is -0.791. The van der Waals surface area contributed by atoms with E-state index in [9.17, 15) is 9.59 Å². The highest BCUT2D eigenvalue weighted by atomic mass is 16.5. The second kappa shape index (κ2) is 9.84. The van der Waals surface area contributed by atoms with Gasteiger partial charge in [-0.25, -0.2) is 0 Å². The minimum Gasteiger partial charge on any atom is -0.497 e. The summed E-state index contributed by atoms with van der Waals surface area (Å²) >= 11 is 0. The van der Waals surface area contributed by atoms with Crippen molar-refractivity contribution in [3.63, 3.8) is 0 Å². The van der Waals surface area contributed by atoms with Crippen molar-refractivity contribution >= 4 is 17.5 Å². The lowest BCUT2D eigenvalue weighted by Gasteiger charge is -2.25. The molecule has 0 spiro atoms. The SMILES string of the molecule is COc1ccc(N(C)C(=O)[C@H](Cc2ccccc2)NC(=O)CN=[N+]=[N-])cc1. The van der Waals surface area contributed by atoms with Gasteiger partial charge in [0.25, 0.3) is 0 Å². The summed E-state index contributed by atoms with van der Waals surface area (Å²) in [5.74, 6) is -0.105. The molecule has 0 saturated carbocycles. The standard InChI is InChI=1S/C19H21N5O3/c1-24(15-8-10-16(27-2)11-9-15)19(26)17(22-18(25)13-21-23-20)12-14-6-4-3-5-7-14/h3-11,17H,12-13H2,1-2H3,(H,22,25)/t17-/m0/s1. The highest BCUT2D eigenvalue weighted by Crippen LogP contribution is 2.19. The number of carbonyl (C=O) groups is 2. The van der Waals surface area contributed by atoms with Crippen molar-refractivity contribution in [2.75, 3.05) is 25.6 Å². The summed E-state index contributed by atoms with van der Waals surface area (Å²) in [5, 5.41) is 5.90. The summed E-state index contributed by atoms with van der Waals surface area (Å²) in [5.41, 5.74) is 9.94. The van der Waals surface area contributed by atoms with Crippen molar-refractivity contribution in [1.29, 1.82) is 0 Å². The predicted molar refractivity (Wildman–Crippen MR) is 102 cm³/mol. The van der Waals surface area contributed by atoms with E-state index in [1.807, 2.05) is 30.3 Å². The van der Waals surface area contributed by atoms with Gasteiger partial charge in [-0.3, -0.25) is 9.59 Å². The third kappa shape index (κ3) is 5.76. The Morgan fingerprint density at radius 2 is 1.85 bits per heavy atom. The van der Waals surface area contributed by atoms with Crippen LogP contribution < -0.4 is 15.0 Å². The van der Waals surface area contributed by atoms with Gasteiger partial charge in [0.05, 0.1) is 7.11 Å². The Bertz CT molecular complexity index is 817. The summed E-state index contributed by atoms with van der Waals surface area (Å²) in [7, 11) is 3.21. The molecule has 0 bridgehead atoms. The van der Waals surface area contributed by atoms with Crippen molar-refractivity contribution in [3.8, 4) is 5.75 Å². The number of azide groups is 1. The van der Waals surface area contributed by atoms with Gasteiger partial charge in [-0.2, -0.15) is 0 Å². The molecule has 140 valence electrons. The van der Waals surface area contributed by atoms with Crippen LogP contribution in [0.2, 0.25) is 0 Å². The Hall–Kier alpha value is -3.51. The fourth-order valence-electron chi connectivity index (χ4n) is 2.55. The number of carbonyl (C=O) groups excluding carboxylic acids is 2. The van der Waals surface area contributed by atoms with Crippen LogP contribution in [-0.4, -0.2) is 38.6 Å². The van der Waals surface area contributed by atoms with Crippen LogP contribution in [-0.2, 0) is 16.0 Å². The number of methoxy groups -OCH3 is 1. The monoisotopic (exact) mass is 367 g/mol. The van der Waals surface area contributed by atoms with Gasteiger partial charge in [0.1, 0.15) is 18.3 Å². The second-order valence-electron chi connectivity index (χ2n) is 5.79. The van der Waals surface area contributed by atoms with E-state index in [-0.39, 0.29) is 12.5 Å². The Kier molecular flexibility index (Phi) is 7.22. The van der Waals surface area contributed by atoms with Gasteiger partial charge >= 0.3 is 0 Å². The molecular weight excluding hydrogens is 346 g/mol. The zero-order valence-corrected chi connectivity index (χ0v) is 15.2. The van der Waals surface area contributed by atoms with Gasteiger partial charge in [0.15, 0.2) is 0 Å². The minimum absolute atomic E-state index is 0.279. The van der Waals surface area contributed by atoms with Gasteiger partial charge in [-0.1, -0.05) is 35.4 Å². The molecule has 0 aliphatic carbocycles. The molecule has 8 heteroatoms. The lowest BCUT2D eigenvalue weighted by atomic mass is 10.0. The Labute approximate surface area is 157 Å². The van der Waals surface area contributed by atoms with E-state index >= 15 is 0 Å². The number of hydrogen-bond acceptors (Lipinski definition) is 4.